The topological polar surface area (TPSA) is 40.5 Å². The Labute approximate surface area is 60.6 Å². The van der Waals surface area contributed by atoms with Gasteiger partial charge in [-0.05, 0) is 14.0 Å². The smallest absolute Gasteiger partial charge is 0.320 e. The third kappa shape index (κ3) is 2.51. The minimum Gasteiger partial charge on any atom is -0.480 e. The lowest BCUT2D eigenvalue weighted by Gasteiger charge is -2.17. The van der Waals surface area contributed by atoms with Crippen molar-refractivity contribution in [3.63, 3.8) is 0 Å². The number of aliphatic carboxylic acids is 1. The average molecular weight is 141 g/mol. The second-order valence-electron chi connectivity index (χ2n) is 2.13. The highest BCUT2D eigenvalue weighted by atomic mass is 16.4. The highest BCUT2D eigenvalue weighted by Crippen LogP contribution is 1.92. The molecule has 1 unspecified atom stereocenters. The minimum absolute atomic E-state index is 0.369. The molecule has 0 heterocycles. The van der Waals surface area contributed by atoms with Crippen LogP contribution in [0.25, 0.3) is 0 Å². The van der Waals surface area contributed by atoms with Gasteiger partial charge in [-0.3, -0.25) is 9.69 Å². The van der Waals surface area contributed by atoms with Crippen LogP contribution < -0.4 is 0 Å². The fourth-order valence-electron chi connectivity index (χ4n) is 0.469. The highest BCUT2D eigenvalue weighted by molar-refractivity contribution is 5.72. The molecule has 1 N–H and O–H groups in total. The van der Waals surface area contributed by atoms with Crippen LogP contribution in [0.4, 0.5) is 0 Å². The van der Waals surface area contributed by atoms with Gasteiger partial charge in [-0.15, -0.1) is 6.42 Å². The van der Waals surface area contributed by atoms with E-state index in [9.17, 15) is 4.79 Å². The Kier molecular flexibility index (Phi) is 3.52. The molecule has 0 radical (unpaired) electrons. The molecular weight excluding hydrogens is 130 g/mol. The van der Waals surface area contributed by atoms with Gasteiger partial charge in [0.2, 0.25) is 0 Å². The third-order valence-corrected chi connectivity index (χ3v) is 1.36. The molecule has 10 heavy (non-hydrogen) atoms. The van der Waals surface area contributed by atoms with Gasteiger partial charge in [-0.2, -0.15) is 0 Å². The van der Waals surface area contributed by atoms with E-state index in [4.69, 9.17) is 11.5 Å². The fraction of sp³-hybridized carbons (Fsp3) is 0.571. The largest absolute Gasteiger partial charge is 0.480 e. The molecule has 1 atom stereocenters. The predicted molar refractivity (Wildman–Crippen MR) is 38.6 cm³/mol. The summed E-state index contributed by atoms with van der Waals surface area (Å²) in [5.41, 5.74) is 0. The summed E-state index contributed by atoms with van der Waals surface area (Å²) < 4.78 is 0. The van der Waals surface area contributed by atoms with Crippen molar-refractivity contribution < 1.29 is 9.90 Å². The number of terminal acetylenes is 1. The number of carboxylic acids is 1. The molecular formula is C7H11NO2. The molecule has 0 aromatic rings. The van der Waals surface area contributed by atoms with Gasteiger partial charge in [0.05, 0.1) is 6.54 Å². The fourth-order valence-corrected chi connectivity index (χ4v) is 0.469. The molecule has 0 aromatic heterocycles. The minimum atomic E-state index is -0.849. The Morgan fingerprint density at radius 2 is 2.40 bits per heavy atom. The Balaban J connectivity index is 3.84. The molecule has 0 aliphatic heterocycles. The van der Waals surface area contributed by atoms with Crippen molar-refractivity contribution in [1.29, 1.82) is 0 Å². The quantitative estimate of drug-likeness (QED) is 0.563. The summed E-state index contributed by atoms with van der Waals surface area (Å²) in [7, 11) is 1.68. The lowest BCUT2D eigenvalue weighted by molar-refractivity contribution is -0.141. The van der Waals surface area contributed by atoms with E-state index in [1.807, 2.05) is 0 Å². The van der Waals surface area contributed by atoms with E-state index in [0.29, 0.717) is 6.54 Å². The summed E-state index contributed by atoms with van der Waals surface area (Å²) in [6.45, 7) is 1.97. The Morgan fingerprint density at radius 1 is 1.90 bits per heavy atom. The molecule has 0 fully saturated rings. The SMILES string of the molecule is C#CCN(C)C(C)C(=O)O. The predicted octanol–water partition coefficient (Wildman–Crippen LogP) is 0.0245. The average Bonchev–Trinajstić information content (AvgIpc) is 1.87. The van der Waals surface area contributed by atoms with Crippen LogP contribution in [-0.4, -0.2) is 35.6 Å². The van der Waals surface area contributed by atoms with Gasteiger partial charge < -0.3 is 5.11 Å². The van der Waals surface area contributed by atoms with E-state index >= 15 is 0 Å². The summed E-state index contributed by atoms with van der Waals surface area (Å²) in [6.07, 6.45) is 4.98. The van der Waals surface area contributed by atoms with E-state index in [1.165, 1.54) is 0 Å². The number of carbonyl (C=O) groups is 1. The van der Waals surface area contributed by atoms with Gasteiger partial charge in [0.1, 0.15) is 6.04 Å². The van der Waals surface area contributed by atoms with Crippen molar-refractivity contribution in [2.75, 3.05) is 13.6 Å². The molecule has 0 saturated heterocycles. The van der Waals surface area contributed by atoms with Crippen LogP contribution in [0.2, 0.25) is 0 Å². The molecule has 0 amide bonds. The first-order chi connectivity index (χ1) is 4.59. The summed E-state index contributed by atoms with van der Waals surface area (Å²) in [5.74, 6) is 1.52. The maximum Gasteiger partial charge on any atom is 0.320 e. The normalized spacial score (nSPS) is 12.6. The van der Waals surface area contributed by atoms with Crippen LogP contribution in [0.3, 0.4) is 0 Å². The molecule has 3 heteroatoms. The van der Waals surface area contributed by atoms with E-state index in [1.54, 1.807) is 18.9 Å². The van der Waals surface area contributed by atoms with Gasteiger partial charge in [-0.25, -0.2) is 0 Å². The molecule has 0 aromatic carbocycles. The van der Waals surface area contributed by atoms with E-state index in [2.05, 4.69) is 5.92 Å². The maximum absolute atomic E-state index is 10.3. The lowest BCUT2D eigenvalue weighted by atomic mass is 10.3. The molecule has 0 aliphatic rings. The van der Waals surface area contributed by atoms with Gasteiger partial charge >= 0.3 is 5.97 Å². The van der Waals surface area contributed by atoms with Crippen molar-refractivity contribution in [1.82, 2.24) is 4.90 Å². The third-order valence-electron chi connectivity index (χ3n) is 1.36. The van der Waals surface area contributed by atoms with Crippen LogP contribution in [-0.2, 0) is 4.79 Å². The first kappa shape index (κ1) is 8.99. The first-order valence-electron chi connectivity index (χ1n) is 2.96. The number of rotatable bonds is 3. The molecule has 0 bridgehead atoms. The molecule has 3 nitrogen and oxygen atoms in total. The summed E-state index contributed by atoms with van der Waals surface area (Å²) in [4.78, 5) is 11.9. The van der Waals surface area contributed by atoms with Crippen molar-refractivity contribution in [2.24, 2.45) is 0 Å². The Morgan fingerprint density at radius 3 is 2.70 bits per heavy atom. The van der Waals surface area contributed by atoms with Crippen molar-refractivity contribution in [2.45, 2.75) is 13.0 Å². The van der Waals surface area contributed by atoms with Crippen LogP contribution >= 0.6 is 0 Å². The monoisotopic (exact) mass is 141 g/mol. The second kappa shape index (κ2) is 3.91. The van der Waals surface area contributed by atoms with Gasteiger partial charge in [0.25, 0.3) is 0 Å². The summed E-state index contributed by atoms with van der Waals surface area (Å²) >= 11 is 0. The lowest BCUT2D eigenvalue weighted by Crippen LogP contribution is -2.35. The molecule has 0 saturated carbocycles. The summed E-state index contributed by atoms with van der Waals surface area (Å²) in [6, 6.07) is -0.504. The number of hydrogen-bond acceptors (Lipinski definition) is 2. The standard InChI is InChI=1S/C7H11NO2/c1-4-5-8(3)6(2)7(9)10/h1,6H,5H2,2-3H3,(H,9,10). The molecule has 56 valence electrons. The highest BCUT2D eigenvalue weighted by Gasteiger charge is 2.14. The zero-order valence-electron chi connectivity index (χ0n) is 6.16. The van der Waals surface area contributed by atoms with E-state index in [-0.39, 0.29) is 0 Å². The molecule has 0 rings (SSSR count). The summed E-state index contributed by atoms with van der Waals surface area (Å²) in [5, 5.41) is 8.47. The van der Waals surface area contributed by atoms with Crippen LogP contribution in [0.5, 0.6) is 0 Å². The number of nitrogens with zero attached hydrogens (tertiary/aromatic N) is 1. The van der Waals surface area contributed by atoms with E-state index < -0.39 is 12.0 Å². The zero-order chi connectivity index (χ0) is 8.15. The van der Waals surface area contributed by atoms with Gasteiger partial charge in [0, 0.05) is 0 Å². The van der Waals surface area contributed by atoms with Crippen molar-refractivity contribution >= 4 is 5.97 Å². The Hall–Kier alpha value is -1.01. The van der Waals surface area contributed by atoms with Crippen LogP contribution in [0.15, 0.2) is 0 Å². The van der Waals surface area contributed by atoms with Crippen LogP contribution in [0.1, 0.15) is 6.92 Å². The number of likely N-dealkylation sites (N-methyl/N-ethyl adjacent to an activating group) is 1. The van der Waals surface area contributed by atoms with Gasteiger partial charge in [-0.1, -0.05) is 5.92 Å². The number of hydrogen-bond donors (Lipinski definition) is 1. The molecule has 0 spiro atoms. The van der Waals surface area contributed by atoms with E-state index in [0.717, 1.165) is 0 Å². The second-order valence-corrected chi connectivity index (χ2v) is 2.13. The van der Waals surface area contributed by atoms with Crippen molar-refractivity contribution in [3.8, 4) is 12.3 Å². The zero-order valence-corrected chi connectivity index (χ0v) is 6.16. The Bertz CT molecular complexity index is 159. The number of carboxylic acid groups (broad SMARTS) is 1. The van der Waals surface area contributed by atoms with Crippen LogP contribution in [0, 0.1) is 12.3 Å². The van der Waals surface area contributed by atoms with Gasteiger partial charge in [0.15, 0.2) is 0 Å². The molecule has 0 aliphatic carbocycles. The first-order valence-corrected chi connectivity index (χ1v) is 2.96. The van der Waals surface area contributed by atoms with Crippen molar-refractivity contribution in [3.05, 3.63) is 0 Å². The maximum atomic E-state index is 10.3.